The largest absolute Gasteiger partial charge is 0.333 e. The van der Waals surface area contributed by atoms with Gasteiger partial charge in [0.15, 0.2) is 0 Å². The Bertz CT molecular complexity index is 1240. The summed E-state index contributed by atoms with van der Waals surface area (Å²) in [6, 6.07) is 11.5. The molecule has 1 aromatic heterocycles. The fourth-order valence-electron chi connectivity index (χ4n) is 4.29. The first-order chi connectivity index (χ1) is 15.3. The first kappa shape index (κ1) is 21.8. The van der Waals surface area contributed by atoms with E-state index in [-0.39, 0.29) is 28.9 Å². The van der Waals surface area contributed by atoms with Crippen molar-refractivity contribution in [1.29, 1.82) is 0 Å². The fourth-order valence-corrected chi connectivity index (χ4v) is 4.29. The molecule has 166 valence electrons. The van der Waals surface area contributed by atoms with Gasteiger partial charge >= 0.3 is 0 Å². The Hall–Kier alpha value is -3.39. The Labute approximate surface area is 184 Å². The van der Waals surface area contributed by atoms with Crippen LogP contribution in [0.1, 0.15) is 35.5 Å². The maximum atomic E-state index is 14.6. The second-order valence-corrected chi connectivity index (χ2v) is 8.32. The summed E-state index contributed by atoms with van der Waals surface area (Å²) in [7, 11) is 0. The maximum absolute atomic E-state index is 14.6. The second kappa shape index (κ2) is 9.00. The van der Waals surface area contributed by atoms with Crippen molar-refractivity contribution in [1.82, 2.24) is 20.0 Å². The average molecular weight is 436 g/mol. The van der Waals surface area contributed by atoms with E-state index in [0.717, 1.165) is 10.9 Å². The van der Waals surface area contributed by atoms with Crippen LogP contribution in [0.2, 0.25) is 0 Å². The number of fused-ring (bicyclic) bond motifs is 1. The average Bonchev–Trinajstić information content (AvgIpc) is 2.76. The molecule has 1 aliphatic heterocycles. The monoisotopic (exact) mass is 436 g/mol. The normalized spacial score (nSPS) is 17.0. The van der Waals surface area contributed by atoms with Gasteiger partial charge in [-0.1, -0.05) is 24.3 Å². The molecule has 2 heterocycles. The van der Waals surface area contributed by atoms with Crippen LogP contribution in [0.25, 0.3) is 10.8 Å². The van der Waals surface area contributed by atoms with Gasteiger partial charge in [0.2, 0.25) is 0 Å². The van der Waals surface area contributed by atoms with Gasteiger partial charge in [0, 0.05) is 37.5 Å². The number of benzene rings is 2. The predicted octanol–water partition coefficient (Wildman–Crippen LogP) is 2.39. The first-order valence-corrected chi connectivity index (χ1v) is 10.6. The van der Waals surface area contributed by atoms with Crippen LogP contribution in [0.15, 0.2) is 47.3 Å². The molecule has 1 fully saturated rings. The van der Waals surface area contributed by atoms with Crippen LogP contribution in [0, 0.1) is 5.82 Å². The Kier molecular flexibility index (Phi) is 6.14. The molecule has 0 saturated carbocycles. The third kappa shape index (κ3) is 4.45. The van der Waals surface area contributed by atoms with Crippen molar-refractivity contribution in [2.24, 2.45) is 0 Å². The third-order valence-electron chi connectivity index (χ3n) is 5.83. The van der Waals surface area contributed by atoms with Crippen LogP contribution in [-0.2, 0) is 11.2 Å². The van der Waals surface area contributed by atoms with E-state index < -0.39 is 5.82 Å². The topological polar surface area (TPSA) is 86.4 Å². The van der Waals surface area contributed by atoms with Gasteiger partial charge in [-0.25, -0.2) is 9.49 Å². The summed E-state index contributed by atoms with van der Waals surface area (Å²) in [5.74, 6) is -0.853. The van der Waals surface area contributed by atoms with Crippen LogP contribution in [-0.4, -0.2) is 63.9 Å². The molecule has 0 spiro atoms. The molecule has 1 atom stereocenters. The minimum atomic E-state index is -0.573. The lowest BCUT2D eigenvalue weighted by Crippen LogP contribution is -2.54. The number of aromatic nitrogens is 2. The highest BCUT2D eigenvalue weighted by atomic mass is 19.1. The van der Waals surface area contributed by atoms with E-state index >= 15 is 0 Å². The van der Waals surface area contributed by atoms with Gasteiger partial charge in [-0.3, -0.25) is 19.3 Å². The van der Waals surface area contributed by atoms with Crippen LogP contribution in [0.4, 0.5) is 4.39 Å². The summed E-state index contributed by atoms with van der Waals surface area (Å²) < 4.78 is 14.6. The predicted molar refractivity (Wildman–Crippen MR) is 119 cm³/mol. The number of ketones is 1. The van der Waals surface area contributed by atoms with Crippen molar-refractivity contribution in [3.05, 3.63) is 75.5 Å². The molecule has 1 saturated heterocycles. The molecule has 2 aromatic carbocycles. The zero-order valence-corrected chi connectivity index (χ0v) is 18.1. The summed E-state index contributed by atoms with van der Waals surface area (Å²) in [5.41, 5.74) is 1.12. The molecular weight excluding hydrogens is 411 g/mol. The third-order valence-corrected chi connectivity index (χ3v) is 5.83. The molecule has 7 nitrogen and oxygen atoms in total. The Morgan fingerprint density at radius 2 is 1.91 bits per heavy atom. The number of hydrogen-bond acceptors (Lipinski definition) is 5. The number of rotatable bonds is 5. The second-order valence-electron chi connectivity index (χ2n) is 8.32. The molecule has 0 unspecified atom stereocenters. The molecule has 0 radical (unpaired) electrons. The molecular formula is C24H25FN4O3. The van der Waals surface area contributed by atoms with Crippen LogP contribution in [0.5, 0.6) is 0 Å². The first-order valence-electron chi connectivity index (χ1n) is 10.6. The van der Waals surface area contributed by atoms with Crippen LogP contribution < -0.4 is 5.56 Å². The number of Topliss-reactive ketones (excluding diaryl/α,β-unsaturated/α-hetero) is 1. The van der Waals surface area contributed by atoms with Crippen molar-refractivity contribution >= 4 is 22.5 Å². The number of carbonyl (C=O) groups excluding carboxylic acids is 2. The summed E-state index contributed by atoms with van der Waals surface area (Å²) >= 11 is 0. The van der Waals surface area contributed by atoms with Crippen LogP contribution >= 0.6 is 0 Å². The molecule has 3 aromatic rings. The maximum Gasteiger partial charge on any atom is 0.272 e. The van der Waals surface area contributed by atoms with E-state index in [1.807, 2.05) is 24.0 Å². The van der Waals surface area contributed by atoms with Gasteiger partial charge in [-0.05, 0) is 37.6 Å². The quantitative estimate of drug-likeness (QED) is 0.664. The summed E-state index contributed by atoms with van der Waals surface area (Å²) in [4.78, 5) is 40.2. The Morgan fingerprint density at radius 3 is 2.62 bits per heavy atom. The molecule has 32 heavy (non-hydrogen) atoms. The Balaban J connectivity index is 1.57. The number of nitrogens with one attached hydrogen (secondary N) is 1. The van der Waals surface area contributed by atoms with E-state index in [9.17, 15) is 18.8 Å². The number of carbonyl (C=O) groups is 2. The molecule has 8 heteroatoms. The molecule has 1 aliphatic rings. The number of aromatic amines is 1. The highest BCUT2D eigenvalue weighted by Crippen LogP contribution is 2.21. The number of nitrogens with zero attached hydrogens (tertiary/aromatic N) is 3. The van der Waals surface area contributed by atoms with Gasteiger partial charge in [0.1, 0.15) is 11.6 Å². The standard InChI is InChI=1S/C24H25FN4O3/c1-15-13-28(14-16(2)30)9-10-29(15)24(32)20-11-17(7-8-21(20)25)12-22-18-5-3-4-6-19(18)23(31)27-26-22/h3-8,11,15H,9-10,12-14H2,1-2H3,(H,27,31)/t15-/m0/s1. The molecule has 0 aliphatic carbocycles. The van der Waals surface area contributed by atoms with E-state index in [0.29, 0.717) is 43.7 Å². The number of amides is 1. The molecule has 0 bridgehead atoms. The highest BCUT2D eigenvalue weighted by Gasteiger charge is 2.30. The zero-order valence-electron chi connectivity index (χ0n) is 18.1. The van der Waals surface area contributed by atoms with E-state index in [1.54, 1.807) is 36.1 Å². The Morgan fingerprint density at radius 1 is 1.16 bits per heavy atom. The summed E-state index contributed by atoms with van der Waals surface area (Å²) in [6.45, 7) is 5.38. The van der Waals surface area contributed by atoms with Crippen molar-refractivity contribution in [3.63, 3.8) is 0 Å². The van der Waals surface area contributed by atoms with Crippen LogP contribution in [0.3, 0.4) is 0 Å². The van der Waals surface area contributed by atoms with Crippen molar-refractivity contribution < 1.29 is 14.0 Å². The minimum Gasteiger partial charge on any atom is -0.333 e. The summed E-state index contributed by atoms with van der Waals surface area (Å²) in [5, 5.41) is 7.94. The van der Waals surface area contributed by atoms with Gasteiger partial charge in [-0.2, -0.15) is 5.10 Å². The van der Waals surface area contributed by atoms with Crippen molar-refractivity contribution in [2.45, 2.75) is 26.3 Å². The smallest absolute Gasteiger partial charge is 0.272 e. The van der Waals surface area contributed by atoms with Crippen molar-refractivity contribution in [3.8, 4) is 0 Å². The lowest BCUT2D eigenvalue weighted by atomic mass is 10.0. The van der Waals surface area contributed by atoms with E-state index in [4.69, 9.17) is 0 Å². The van der Waals surface area contributed by atoms with Gasteiger partial charge in [0.25, 0.3) is 11.5 Å². The van der Waals surface area contributed by atoms with E-state index in [2.05, 4.69) is 10.2 Å². The SMILES string of the molecule is CC(=O)CN1CCN(C(=O)c2cc(Cc3n[nH]c(=O)c4ccccc34)ccc2F)[C@@H](C)C1. The lowest BCUT2D eigenvalue weighted by Gasteiger charge is -2.39. The lowest BCUT2D eigenvalue weighted by molar-refractivity contribution is -0.118. The highest BCUT2D eigenvalue weighted by molar-refractivity contribution is 5.95. The minimum absolute atomic E-state index is 0.0168. The number of halogens is 1. The van der Waals surface area contributed by atoms with Gasteiger partial charge in [-0.15, -0.1) is 0 Å². The number of piperazine rings is 1. The fraction of sp³-hybridized carbons (Fsp3) is 0.333. The van der Waals surface area contributed by atoms with Gasteiger partial charge < -0.3 is 4.90 Å². The number of H-pyrrole nitrogens is 1. The van der Waals surface area contributed by atoms with E-state index in [1.165, 1.54) is 6.07 Å². The molecule has 1 amide bonds. The number of hydrogen-bond donors (Lipinski definition) is 1. The zero-order chi connectivity index (χ0) is 22.8. The molecule has 4 rings (SSSR count). The summed E-state index contributed by atoms with van der Waals surface area (Å²) in [6.07, 6.45) is 0.347. The van der Waals surface area contributed by atoms with Gasteiger partial charge in [0.05, 0.1) is 23.2 Å². The molecule has 1 N–H and O–H groups in total. The van der Waals surface area contributed by atoms with Crippen molar-refractivity contribution in [2.75, 3.05) is 26.2 Å².